The Balaban J connectivity index is 1.90. The second-order valence-electron chi connectivity index (χ2n) is 6.69. The molecule has 1 amide bonds. The normalized spacial score (nSPS) is 19.1. The van der Waals surface area contributed by atoms with Crippen LogP contribution in [0.3, 0.4) is 0 Å². The molecule has 1 saturated heterocycles. The molecule has 0 spiro atoms. The van der Waals surface area contributed by atoms with Crippen molar-refractivity contribution < 1.29 is 9.21 Å². The number of hydrogen-bond acceptors (Lipinski definition) is 3. The standard InChI is InChI=1S/C18H24ClN3O2/c1-10-9-14(13(4)24-10)11(2)18(23)22-8-6-7-15(22)16-12(3)20-21(5)17(16)19/h9,11,15H,6-8H2,1-5H3. The highest BCUT2D eigenvalue weighted by Gasteiger charge is 2.36. The molecule has 0 aromatic carbocycles. The number of carbonyl (C=O) groups excluding carboxylic acids is 1. The average Bonchev–Trinajstić information content (AvgIpc) is 3.17. The zero-order valence-corrected chi connectivity index (χ0v) is 15.6. The molecule has 0 saturated carbocycles. The first-order valence-corrected chi connectivity index (χ1v) is 8.75. The first-order valence-electron chi connectivity index (χ1n) is 8.37. The number of aromatic nitrogens is 2. The van der Waals surface area contributed by atoms with Crippen molar-refractivity contribution in [1.29, 1.82) is 0 Å². The maximum absolute atomic E-state index is 13.1. The van der Waals surface area contributed by atoms with Gasteiger partial charge >= 0.3 is 0 Å². The van der Waals surface area contributed by atoms with Crippen LogP contribution in [-0.4, -0.2) is 27.1 Å². The molecule has 1 aliphatic rings. The molecular weight excluding hydrogens is 326 g/mol. The van der Waals surface area contributed by atoms with Gasteiger partial charge in [0.25, 0.3) is 0 Å². The van der Waals surface area contributed by atoms with Gasteiger partial charge in [0.1, 0.15) is 16.7 Å². The number of likely N-dealkylation sites (tertiary alicyclic amines) is 1. The Labute approximate surface area is 147 Å². The van der Waals surface area contributed by atoms with Crippen LogP contribution < -0.4 is 0 Å². The molecule has 3 heterocycles. The van der Waals surface area contributed by atoms with E-state index in [9.17, 15) is 4.79 Å². The summed E-state index contributed by atoms with van der Waals surface area (Å²) in [4.78, 5) is 15.1. The van der Waals surface area contributed by atoms with Crippen molar-refractivity contribution in [3.05, 3.63) is 39.6 Å². The van der Waals surface area contributed by atoms with Gasteiger partial charge in [-0.25, -0.2) is 0 Å². The number of amides is 1. The molecule has 24 heavy (non-hydrogen) atoms. The predicted octanol–water partition coefficient (Wildman–Crippen LogP) is 4.06. The van der Waals surface area contributed by atoms with E-state index < -0.39 is 0 Å². The summed E-state index contributed by atoms with van der Waals surface area (Å²) in [6, 6.07) is 1.97. The van der Waals surface area contributed by atoms with Gasteiger partial charge < -0.3 is 9.32 Å². The molecule has 2 atom stereocenters. The minimum absolute atomic E-state index is 0.00875. The van der Waals surface area contributed by atoms with Crippen LogP contribution in [-0.2, 0) is 11.8 Å². The fraction of sp³-hybridized carbons (Fsp3) is 0.556. The first kappa shape index (κ1) is 17.1. The van der Waals surface area contributed by atoms with Gasteiger partial charge in [-0.15, -0.1) is 0 Å². The molecule has 130 valence electrons. The van der Waals surface area contributed by atoms with Gasteiger partial charge in [0.2, 0.25) is 5.91 Å². The van der Waals surface area contributed by atoms with Crippen molar-refractivity contribution in [1.82, 2.24) is 14.7 Å². The van der Waals surface area contributed by atoms with Gasteiger partial charge in [-0.05, 0) is 46.6 Å². The van der Waals surface area contributed by atoms with E-state index in [0.29, 0.717) is 5.15 Å². The maximum atomic E-state index is 13.1. The van der Waals surface area contributed by atoms with Crippen LogP contribution in [0.25, 0.3) is 0 Å². The van der Waals surface area contributed by atoms with Gasteiger partial charge in [-0.2, -0.15) is 5.10 Å². The predicted molar refractivity (Wildman–Crippen MR) is 93.2 cm³/mol. The fourth-order valence-electron chi connectivity index (χ4n) is 3.82. The fourth-order valence-corrected chi connectivity index (χ4v) is 4.12. The summed E-state index contributed by atoms with van der Waals surface area (Å²) in [7, 11) is 1.83. The summed E-state index contributed by atoms with van der Waals surface area (Å²) in [6.07, 6.45) is 1.91. The van der Waals surface area contributed by atoms with Crippen LogP contribution in [0.4, 0.5) is 0 Å². The Morgan fingerprint density at radius 2 is 2.12 bits per heavy atom. The zero-order chi connectivity index (χ0) is 17.6. The second-order valence-corrected chi connectivity index (χ2v) is 7.05. The largest absolute Gasteiger partial charge is 0.466 e. The highest BCUT2D eigenvalue weighted by molar-refractivity contribution is 6.30. The van der Waals surface area contributed by atoms with E-state index in [2.05, 4.69) is 5.10 Å². The highest BCUT2D eigenvalue weighted by atomic mass is 35.5. The topological polar surface area (TPSA) is 51.3 Å². The van der Waals surface area contributed by atoms with E-state index in [1.165, 1.54) is 0 Å². The van der Waals surface area contributed by atoms with E-state index in [-0.39, 0.29) is 17.9 Å². The number of carbonyl (C=O) groups is 1. The lowest BCUT2D eigenvalue weighted by Gasteiger charge is -2.27. The monoisotopic (exact) mass is 349 g/mol. The third-order valence-electron chi connectivity index (χ3n) is 4.98. The summed E-state index contributed by atoms with van der Waals surface area (Å²) in [5.74, 6) is 1.56. The van der Waals surface area contributed by atoms with Crippen LogP contribution in [0.5, 0.6) is 0 Å². The summed E-state index contributed by atoms with van der Waals surface area (Å²) in [5.41, 5.74) is 2.85. The molecule has 1 fully saturated rings. The number of rotatable bonds is 3. The van der Waals surface area contributed by atoms with Gasteiger partial charge in [-0.1, -0.05) is 11.6 Å². The van der Waals surface area contributed by atoms with Crippen LogP contribution in [0.2, 0.25) is 5.15 Å². The minimum atomic E-state index is -0.223. The van der Waals surface area contributed by atoms with Crippen LogP contribution >= 0.6 is 11.6 Å². The lowest BCUT2D eigenvalue weighted by atomic mass is 9.98. The molecule has 3 rings (SSSR count). The lowest BCUT2D eigenvalue weighted by molar-refractivity contribution is -0.133. The second kappa shape index (κ2) is 6.28. The highest BCUT2D eigenvalue weighted by Crippen LogP contribution is 2.39. The number of aryl methyl sites for hydroxylation is 4. The molecule has 0 aliphatic carbocycles. The SMILES string of the molecule is Cc1cc(C(C)C(=O)N2CCCC2c2c(C)nn(C)c2Cl)c(C)o1. The summed E-state index contributed by atoms with van der Waals surface area (Å²) >= 11 is 6.44. The van der Waals surface area contributed by atoms with Gasteiger partial charge in [0.05, 0.1) is 17.7 Å². The van der Waals surface area contributed by atoms with Crippen molar-refractivity contribution >= 4 is 17.5 Å². The van der Waals surface area contributed by atoms with Crippen molar-refractivity contribution in [3.63, 3.8) is 0 Å². The Morgan fingerprint density at radius 1 is 1.42 bits per heavy atom. The first-order chi connectivity index (χ1) is 11.3. The molecule has 6 heteroatoms. The third kappa shape index (κ3) is 2.75. The van der Waals surface area contributed by atoms with Crippen LogP contribution in [0, 0.1) is 20.8 Å². The van der Waals surface area contributed by atoms with Gasteiger partial charge in [-0.3, -0.25) is 9.48 Å². The molecule has 0 radical (unpaired) electrons. The Hall–Kier alpha value is -1.75. The van der Waals surface area contributed by atoms with Gasteiger partial charge in [0, 0.05) is 24.7 Å². The summed E-state index contributed by atoms with van der Waals surface area (Å²) in [5, 5.41) is 5.03. The van der Waals surface area contributed by atoms with E-state index in [1.807, 2.05) is 45.7 Å². The number of furan rings is 1. The van der Waals surface area contributed by atoms with Crippen molar-refractivity contribution in [2.24, 2.45) is 7.05 Å². The third-order valence-corrected chi connectivity index (χ3v) is 5.43. The Kier molecular flexibility index (Phi) is 4.47. The molecule has 2 aromatic rings. The summed E-state index contributed by atoms with van der Waals surface area (Å²) < 4.78 is 7.28. The Morgan fingerprint density at radius 3 is 2.67 bits per heavy atom. The molecule has 2 aromatic heterocycles. The molecular formula is C18H24ClN3O2. The number of nitrogens with zero attached hydrogens (tertiary/aromatic N) is 3. The quantitative estimate of drug-likeness (QED) is 0.839. The van der Waals surface area contributed by atoms with Crippen molar-refractivity contribution in [2.45, 2.75) is 52.5 Å². The Bertz CT molecular complexity index is 778. The van der Waals surface area contributed by atoms with Crippen molar-refractivity contribution in [2.75, 3.05) is 6.54 Å². The van der Waals surface area contributed by atoms with Gasteiger partial charge in [0.15, 0.2) is 0 Å². The molecule has 0 bridgehead atoms. The molecule has 5 nitrogen and oxygen atoms in total. The molecule has 0 N–H and O–H groups in total. The minimum Gasteiger partial charge on any atom is -0.466 e. The van der Waals surface area contributed by atoms with E-state index in [4.69, 9.17) is 16.0 Å². The summed E-state index contributed by atoms with van der Waals surface area (Å²) in [6.45, 7) is 8.48. The average molecular weight is 350 g/mol. The lowest BCUT2D eigenvalue weighted by Crippen LogP contribution is -2.34. The number of halogens is 1. The smallest absolute Gasteiger partial charge is 0.230 e. The van der Waals surface area contributed by atoms with E-state index in [1.54, 1.807) is 4.68 Å². The maximum Gasteiger partial charge on any atom is 0.230 e. The van der Waals surface area contributed by atoms with E-state index in [0.717, 1.165) is 47.7 Å². The number of hydrogen-bond donors (Lipinski definition) is 0. The van der Waals surface area contributed by atoms with Crippen LogP contribution in [0.15, 0.2) is 10.5 Å². The molecule has 1 aliphatic heterocycles. The zero-order valence-electron chi connectivity index (χ0n) is 14.9. The van der Waals surface area contributed by atoms with Crippen LogP contribution in [0.1, 0.15) is 60.1 Å². The van der Waals surface area contributed by atoms with E-state index >= 15 is 0 Å². The molecule has 2 unspecified atom stereocenters. The van der Waals surface area contributed by atoms with Crippen molar-refractivity contribution in [3.8, 4) is 0 Å².